The van der Waals surface area contributed by atoms with Crippen LogP contribution in [0.25, 0.3) is 0 Å². The number of carbonyl (C=O) groups is 1. The molecule has 142 valence electrons. The highest BCUT2D eigenvalue weighted by Gasteiger charge is 2.05. The number of rotatable bonds is 6. The van der Waals surface area contributed by atoms with Crippen LogP contribution in [-0.2, 0) is 6.61 Å². The fraction of sp³-hybridized carbons (Fsp3) is 0.0909. The van der Waals surface area contributed by atoms with Gasteiger partial charge >= 0.3 is 0 Å². The van der Waals surface area contributed by atoms with E-state index in [9.17, 15) is 9.18 Å². The van der Waals surface area contributed by atoms with Gasteiger partial charge in [0.25, 0.3) is 5.91 Å². The van der Waals surface area contributed by atoms with Crippen LogP contribution in [0.15, 0.2) is 76.3 Å². The fourth-order valence-electron chi connectivity index (χ4n) is 2.39. The van der Waals surface area contributed by atoms with Crippen LogP contribution < -0.4 is 10.2 Å². The Balaban J connectivity index is 1.57. The lowest BCUT2D eigenvalue weighted by Crippen LogP contribution is -2.17. The van der Waals surface area contributed by atoms with Gasteiger partial charge in [0.15, 0.2) is 0 Å². The zero-order valence-electron chi connectivity index (χ0n) is 15.2. The van der Waals surface area contributed by atoms with Crippen molar-refractivity contribution in [3.05, 3.63) is 99.3 Å². The van der Waals surface area contributed by atoms with E-state index in [1.165, 1.54) is 12.1 Å². The number of aryl methyl sites for hydroxylation is 1. The third kappa shape index (κ3) is 5.50. The number of benzene rings is 3. The van der Waals surface area contributed by atoms with E-state index in [1.54, 1.807) is 36.5 Å². The molecule has 0 aromatic heterocycles. The molecule has 1 N–H and O–H groups in total. The van der Waals surface area contributed by atoms with Crippen LogP contribution in [0.1, 0.15) is 27.0 Å². The number of ether oxygens (including phenoxy) is 1. The SMILES string of the molecule is Cc1ccc(C(=O)N/N=C\c2ccc(OCc3ccc(F)cc3)c(Br)c2)cc1. The molecule has 0 unspecified atom stereocenters. The predicted octanol–water partition coefficient (Wildman–Crippen LogP) is 5.24. The molecule has 28 heavy (non-hydrogen) atoms. The van der Waals surface area contributed by atoms with Crippen LogP contribution in [0.3, 0.4) is 0 Å². The van der Waals surface area contributed by atoms with E-state index in [0.29, 0.717) is 17.9 Å². The van der Waals surface area contributed by atoms with Crippen molar-refractivity contribution < 1.29 is 13.9 Å². The molecule has 6 heteroatoms. The van der Waals surface area contributed by atoms with E-state index in [-0.39, 0.29) is 11.7 Å². The standard InChI is InChI=1S/C22H18BrFN2O2/c1-15-2-7-18(8-3-15)22(27)26-25-13-17-6-11-21(20(23)12-17)28-14-16-4-9-19(24)10-5-16/h2-13H,14H2,1H3,(H,26,27)/b25-13-. The Morgan fingerprint density at radius 2 is 1.82 bits per heavy atom. The summed E-state index contributed by atoms with van der Waals surface area (Å²) in [5.74, 6) is 0.114. The molecule has 0 bridgehead atoms. The van der Waals surface area contributed by atoms with Crippen molar-refractivity contribution in [1.29, 1.82) is 0 Å². The summed E-state index contributed by atoms with van der Waals surface area (Å²) in [7, 11) is 0. The molecule has 0 atom stereocenters. The van der Waals surface area contributed by atoms with Gasteiger partial charge in [0.2, 0.25) is 0 Å². The van der Waals surface area contributed by atoms with E-state index in [2.05, 4.69) is 26.5 Å². The van der Waals surface area contributed by atoms with Crippen molar-refractivity contribution >= 4 is 28.1 Å². The maximum absolute atomic E-state index is 12.9. The van der Waals surface area contributed by atoms with E-state index in [1.807, 2.05) is 31.2 Å². The van der Waals surface area contributed by atoms with Crippen LogP contribution in [0.2, 0.25) is 0 Å². The van der Waals surface area contributed by atoms with Gasteiger partial charge in [0.05, 0.1) is 10.7 Å². The molecule has 4 nitrogen and oxygen atoms in total. The molecule has 0 fully saturated rings. The summed E-state index contributed by atoms with van der Waals surface area (Å²) in [6.07, 6.45) is 1.56. The normalized spacial score (nSPS) is 10.8. The smallest absolute Gasteiger partial charge is 0.271 e. The van der Waals surface area contributed by atoms with Crippen molar-refractivity contribution in [3.63, 3.8) is 0 Å². The summed E-state index contributed by atoms with van der Waals surface area (Å²) in [5.41, 5.74) is 5.81. The van der Waals surface area contributed by atoms with E-state index in [4.69, 9.17) is 4.74 Å². The Morgan fingerprint density at radius 1 is 1.11 bits per heavy atom. The first-order valence-corrected chi connectivity index (χ1v) is 9.37. The van der Waals surface area contributed by atoms with Gasteiger partial charge in [-0.15, -0.1) is 0 Å². The molecule has 0 aliphatic rings. The van der Waals surface area contributed by atoms with Crippen LogP contribution in [0.5, 0.6) is 5.75 Å². The molecule has 0 spiro atoms. The summed E-state index contributed by atoms with van der Waals surface area (Å²) in [5, 5.41) is 3.99. The van der Waals surface area contributed by atoms with Gasteiger partial charge in [0.1, 0.15) is 18.2 Å². The Hall–Kier alpha value is -2.99. The molecule has 3 aromatic carbocycles. The largest absolute Gasteiger partial charge is 0.488 e. The average Bonchev–Trinajstić information content (AvgIpc) is 2.69. The summed E-state index contributed by atoms with van der Waals surface area (Å²) in [4.78, 5) is 12.0. The van der Waals surface area contributed by atoms with Gasteiger partial charge in [-0.1, -0.05) is 29.8 Å². The minimum absolute atomic E-state index is 0.269. The second kappa shape index (κ2) is 9.28. The molecule has 3 aromatic rings. The van der Waals surface area contributed by atoms with Gasteiger partial charge in [-0.2, -0.15) is 5.10 Å². The number of hydrogen-bond donors (Lipinski definition) is 1. The minimum Gasteiger partial charge on any atom is -0.488 e. The van der Waals surface area contributed by atoms with Crippen molar-refractivity contribution in [2.24, 2.45) is 5.10 Å². The molecule has 0 saturated heterocycles. The topological polar surface area (TPSA) is 50.7 Å². The zero-order valence-corrected chi connectivity index (χ0v) is 16.7. The van der Waals surface area contributed by atoms with Crippen LogP contribution in [0, 0.1) is 12.7 Å². The molecule has 0 radical (unpaired) electrons. The van der Waals surface area contributed by atoms with E-state index in [0.717, 1.165) is 21.2 Å². The summed E-state index contributed by atoms with van der Waals surface area (Å²) >= 11 is 3.46. The number of hydrogen-bond acceptors (Lipinski definition) is 3. The first-order chi connectivity index (χ1) is 13.5. The maximum Gasteiger partial charge on any atom is 0.271 e. The number of carbonyl (C=O) groups excluding carboxylic acids is 1. The number of halogens is 2. The molecule has 0 aliphatic carbocycles. The van der Waals surface area contributed by atoms with Crippen LogP contribution in [0.4, 0.5) is 4.39 Å². The van der Waals surface area contributed by atoms with Gasteiger partial charge in [-0.05, 0) is 76.4 Å². The van der Waals surface area contributed by atoms with Gasteiger partial charge in [-0.25, -0.2) is 9.82 Å². The lowest BCUT2D eigenvalue weighted by atomic mass is 10.1. The van der Waals surface area contributed by atoms with E-state index < -0.39 is 0 Å². The average molecular weight is 441 g/mol. The van der Waals surface area contributed by atoms with Crippen molar-refractivity contribution in [2.45, 2.75) is 13.5 Å². The lowest BCUT2D eigenvalue weighted by molar-refractivity contribution is 0.0955. The van der Waals surface area contributed by atoms with Crippen molar-refractivity contribution in [3.8, 4) is 5.75 Å². The van der Waals surface area contributed by atoms with Gasteiger partial charge in [0, 0.05) is 5.56 Å². The zero-order chi connectivity index (χ0) is 19.9. The number of hydrazone groups is 1. The molecule has 1 amide bonds. The van der Waals surface area contributed by atoms with Crippen LogP contribution >= 0.6 is 15.9 Å². The first-order valence-electron chi connectivity index (χ1n) is 8.58. The molecule has 0 heterocycles. The maximum atomic E-state index is 12.9. The molecular weight excluding hydrogens is 423 g/mol. The highest BCUT2D eigenvalue weighted by atomic mass is 79.9. The minimum atomic E-state index is -0.275. The monoisotopic (exact) mass is 440 g/mol. The Morgan fingerprint density at radius 3 is 2.50 bits per heavy atom. The number of amides is 1. The highest BCUT2D eigenvalue weighted by Crippen LogP contribution is 2.26. The number of nitrogens with one attached hydrogen (secondary N) is 1. The van der Waals surface area contributed by atoms with Crippen molar-refractivity contribution in [1.82, 2.24) is 5.43 Å². The summed E-state index contributed by atoms with van der Waals surface area (Å²) < 4.78 is 19.4. The Kier molecular flexibility index (Phi) is 6.55. The molecule has 3 rings (SSSR count). The third-order valence-corrected chi connectivity index (χ3v) is 4.58. The fourth-order valence-corrected chi connectivity index (χ4v) is 2.90. The molecule has 0 saturated carbocycles. The second-order valence-electron chi connectivity index (χ2n) is 6.17. The molecule has 0 aliphatic heterocycles. The second-order valence-corrected chi connectivity index (χ2v) is 7.02. The summed E-state index contributed by atoms with van der Waals surface area (Å²) in [6, 6.07) is 18.9. The Labute approximate surface area is 171 Å². The van der Waals surface area contributed by atoms with E-state index >= 15 is 0 Å². The predicted molar refractivity (Wildman–Crippen MR) is 111 cm³/mol. The van der Waals surface area contributed by atoms with Crippen molar-refractivity contribution in [2.75, 3.05) is 0 Å². The molecular formula is C22H18BrFN2O2. The quantitative estimate of drug-likeness (QED) is 0.420. The third-order valence-electron chi connectivity index (χ3n) is 3.96. The highest BCUT2D eigenvalue weighted by molar-refractivity contribution is 9.10. The van der Waals surface area contributed by atoms with Crippen LogP contribution in [-0.4, -0.2) is 12.1 Å². The van der Waals surface area contributed by atoms with Gasteiger partial charge < -0.3 is 4.74 Å². The number of nitrogens with zero attached hydrogens (tertiary/aromatic N) is 1. The van der Waals surface area contributed by atoms with Gasteiger partial charge in [-0.3, -0.25) is 4.79 Å². The Bertz CT molecular complexity index is 986. The summed E-state index contributed by atoms with van der Waals surface area (Å²) in [6.45, 7) is 2.30. The lowest BCUT2D eigenvalue weighted by Gasteiger charge is -2.09. The first kappa shape index (κ1) is 19.8.